The van der Waals surface area contributed by atoms with Crippen LogP contribution in [0.2, 0.25) is 0 Å². The number of carboxylic acid groups (broad SMARTS) is 1. The Morgan fingerprint density at radius 2 is 1.25 bits per heavy atom. The van der Waals surface area contributed by atoms with Crippen LogP contribution in [0, 0.1) is 11.8 Å². The topological polar surface area (TPSA) is 164 Å². The minimum absolute atomic E-state index is 0.0433. The van der Waals surface area contributed by atoms with E-state index in [1.807, 2.05) is 20.8 Å². The highest BCUT2D eigenvalue weighted by molar-refractivity contribution is 5.82. The van der Waals surface area contributed by atoms with Gasteiger partial charge in [-0.25, -0.2) is 19.8 Å². The van der Waals surface area contributed by atoms with Crippen molar-refractivity contribution in [1.82, 2.24) is 21.5 Å². The van der Waals surface area contributed by atoms with Crippen LogP contribution in [0.1, 0.15) is 82.1 Å². The number of alkyl carbamates (subject to hydrolysis) is 1. The fraction of sp³-hybridized carbons (Fsp3) is 0.833. The van der Waals surface area contributed by atoms with Crippen molar-refractivity contribution in [2.75, 3.05) is 13.8 Å². The van der Waals surface area contributed by atoms with Crippen molar-refractivity contribution < 1.29 is 38.5 Å². The second-order valence-corrected chi connectivity index (χ2v) is 10.5. The van der Waals surface area contributed by atoms with Gasteiger partial charge in [0.15, 0.2) is 0 Å². The number of nitrogens with one attached hydrogen (secondary N) is 4. The predicted molar refractivity (Wildman–Crippen MR) is 136 cm³/mol. The SMILES string of the molecule is CC[C@H](C)[C@H](NC(=O)OC(C)(C)C)C(=O)O.CC[C@H](C)[C@H](NNC(=O)OC(C)(C)C)C(=O)NCOC. The minimum atomic E-state index is -1.04. The van der Waals surface area contributed by atoms with Gasteiger partial charge in [0.25, 0.3) is 0 Å². The van der Waals surface area contributed by atoms with Crippen LogP contribution >= 0.6 is 0 Å². The lowest BCUT2D eigenvalue weighted by Crippen LogP contribution is -2.55. The molecule has 0 radical (unpaired) electrons. The standard InChI is InChI=1S/C13H27N3O4.C11H21NO4/c1-7-9(2)10(11(17)14-8-19-6)15-16-12(18)20-13(3,4)5;1-6-7(2)8(9(13)14)12-10(15)16-11(3,4)5/h9-10,15H,7-8H2,1-6H3,(H,14,17)(H,16,18);7-8H,6H2,1-5H3,(H,12,15)(H,13,14)/t9-,10-;7-,8-/m00/s1. The third-order valence-electron chi connectivity index (χ3n) is 4.77. The van der Waals surface area contributed by atoms with Gasteiger partial charge in [0.2, 0.25) is 5.91 Å². The Morgan fingerprint density at radius 3 is 1.64 bits per heavy atom. The van der Waals surface area contributed by atoms with Crippen LogP contribution < -0.4 is 21.5 Å². The van der Waals surface area contributed by atoms with Crippen molar-refractivity contribution in [3.8, 4) is 0 Å². The highest BCUT2D eigenvalue weighted by Gasteiger charge is 2.28. The van der Waals surface area contributed by atoms with Gasteiger partial charge in [-0.15, -0.1) is 0 Å². The van der Waals surface area contributed by atoms with Gasteiger partial charge in [-0.05, 0) is 53.4 Å². The van der Waals surface area contributed by atoms with E-state index in [-0.39, 0.29) is 24.5 Å². The highest BCUT2D eigenvalue weighted by atomic mass is 16.6. The van der Waals surface area contributed by atoms with E-state index in [4.69, 9.17) is 19.3 Å². The van der Waals surface area contributed by atoms with E-state index in [0.717, 1.165) is 6.42 Å². The number of carbonyl (C=O) groups excluding carboxylic acids is 3. The van der Waals surface area contributed by atoms with E-state index in [2.05, 4.69) is 21.5 Å². The fourth-order valence-electron chi connectivity index (χ4n) is 2.51. The third kappa shape index (κ3) is 17.8. The van der Waals surface area contributed by atoms with Gasteiger partial charge < -0.3 is 30.0 Å². The largest absolute Gasteiger partial charge is 0.480 e. The number of hydrogen-bond donors (Lipinski definition) is 5. The second kappa shape index (κ2) is 17.0. The first kappa shape index (κ1) is 35.6. The Hall–Kier alpha value is -2.60. The maximum absolute atomic E-state index is 12.0. The van der Waals surface area contributed by atoms with Crippen LogP contribution in [0.25, 0.3) is 0 Å². The molecule has 3 amide bonds. The second-order valence-electron chi connectivity index (χ2n) is 10.5. The molecule has 12 nitrogen and oxygen atoms in total. The monoisotopic (exact) mass is 520 g/mol. The molecule has 0 aliphatic carbocycles. The van der Waals surface area contributed by atoms with Crippen LogP contribution in [0.5, 0.6) is 0 Å². The molecular weight excluding hydrogens is 472 g/mol. The Balaban J connectivity index is 0. The number of carbonyl (C=O) groups is 4. The van der Waals surface area contributed by atoms with E-state index >= 15 is 0 Å². The average molecular weight is 521 g/mol. The van der Waals surface area contributed by atoms with Crippen LogP contribution in [0.4, 0.5) is 9.59 Å². The van der Waals surface area contributed by atoms with Crippen molar-refractivity contribution in [3.05, 3.63) is 0 Å². The average Bonchev–Trinajstić information content (AvgIpc) is 2.73. The van der Waals surface area contributed by atoms with Gasteiger partial charge in [-0.2, -0.15) is 0 Å². The molecule has 212 valence electrons. The highest BCUT2D eigenvalue weighted by Crippen LogP contribution is 2.11. The minimum Gasteiger partial charge on any atom is -0.480 e. The maximum atomic E-state index is 12.0. The number of aliphatic carboxylic acids is 1. The zero-order chi connectivity index (χ0) is 28.7. The molecule has 12 heteroatoms. The quantitative estimate of drug-likeness (QED) is 0.203. The molecule has 0 heterocycles. The van der Waals surface area contributed by atoms with Crippen molar-refractivity contribution in [1.29, 1.82) is 0 Å². The Bertz CT molecular complexity index is 689. The van der Waals surface area contributed by atoms with Gasteiger partial charge >= 0.3 is 18.2 Å². The molecule has 0 saturated carbocycles. The van der Waals surface area contributed by atoms with Crippen LogP contribution in [-0.2, 0) is 23.8 Å². The van der Waals surface area contributed by atoms with Crippen LogP contribution in [0.15, 0.2) is 0 Å². The predicted octanol–water partition coefficient (Wildman–Crippen LogP) is 3.16. The maximum Gasteiger partial charge on any atom is 0.422 e. The Kier molecular flexibility index (Phi) is 16.8. The lowest BCUT2D eigenvalue weighted by atomic mass is 9.99. The Labute approximate surface area is 215 Å². The number of hydrazine groups is 1. The molecule has 0 saturated heterocycles. The molecule has 5 N–H and O–H groups in total. The van der Waals surface area contributed by atoms with E-state index < -0.39 is 41.4 Å². The van der Waals surface area contributed by atoms with E-state index in [1.54, 1.807) is 48.5 Å². The summed E-state index contributed by atoms with van der Waals surface area (Å²) in [4.78, 5) is 45.8. The zero-order valence-corrected chi connectivity index (χ0v) is 23.7. The summed E-state index contributed by atoms with van der Waals surface area (Å²) in [6.07, 6.45) is 0.145. The number of methoxy groups -OCH3 is 1. The molecule has 0 fully saturated rings. The fourth-order valence-corrected chi connectivity index (χ4v) is 2.51. The summed E-state index contributed by atoms with van der Waals surface area (Å²) in [6.45, 7) is 18.1. The van der Waals surface area contributed by atoms with Crippen LogP contribution in [-0.4, -0.2) is 66.3 Å². The third-order valence-corrected chi connectivity index (χ3v) is 4.77. The van der Waals surface area contributed by atoms with E-state index in [9.17, 15) is 19.2 Å². The van der Waals surface area contributed by atoms with Gasteiger partial charge in [0, 0.05) is 7.11 Å². The molecule has 0 aromatic rings. The molecule has 0 aliphatic rings. The van der Waals surface area contributed by atoms with Crippen molar-refractivity contribution >= 4 is 24.1 Å². The van der Waals surface area contributed by atoms with Crippen molar-refractivity contribution in [2.45, 2.75) is 105 Å². The molecule has 0 unspecified atom stereocenters. The number of rotatable bonds is 11. The van der Waals surface area contributed by atoms with Gasteiger partial charge in [0.1, 0.15) is 30.0 Å². The number of hydrogen-bond acceptors (Lipinski definition) is 8. The molecule has 0 rings (SSSR count). The van der Waals surface area contributed by atoms with Crippen LogP contribution in [0.3, 0.4) is 0 Å². The first-order valence-corrected chi connectivity index (χ1v) is 12.1. The summed E-state index contributed by atoms with van der Waals surface area (Å²) in [7, 11) is 1.49. The molecule has 0 spiro atoms. The molecule has 0 bridgehead atoms. The molecule has 0 aromatic carbocycles. The van der Waals surface area contributed by atoms with E-state index in [1.165, 1.54) is 7.11 Å². The smallest absolute Gasteiger partial charge is 0.422 e. The van der Waals surface area contributed by atoms with E-state index in [0.29, 0.717) is 6.42 Å². The summed E-state index contributed by atoms with van der Waals surface area (Å²) in [5, 5.41) is 13.9. The summed E-state index contributed by atoms with van der Waals surface area (Å²) in [6, 6.07) is -1.46. The van der Waals surface area contributed by atoms with Crippen molar-refractivity contribution in [2.24, 2.45) is 11.8 Å². The Morgan fingerprint density at radius 1 is 0.806 bits per heavy atom. The van der Waals surface area contributed by atoms with Gasteiger partial charge in [-0.1, -0.05) is 40.5 Å². The summed E-state index contributed by atoms with van der Waals surface area (Å²) < 4.78 is 14.9. The number of carboxylic acids is 1. The molecule has 4 atom stereocenters. The first-order valence-electron chi connectivity index (χ1n) is 12.1. The van der Waals surface area contributed by atoms with Gasteiger partial charge in [-0.3, -0.25) is 10.2 Å². The molecule has 0 aliphatic heterocycles. The molecule has 36 heavy (non-hydrogen) atoms. The first-order chi connectivity index (χ1) is 16.4. The summed E-state index contributed by atoms with van der Waals surface area (Å²) in [5.41, 5.74) is 3.90. The summed E-state index contributed by atoms with van der Waals surface area (Å²) >= 11 is 0. The molecule has 0 aromatic heterocycles. The van der Waals surface area contributed by atoms with Crippen molar-refractivity contribution in [3.63, 3.8) is 0 Å². The lowest BCUT2D eigenvalue weighted by molar-refractivity contribution is -0.140. The number of ether oxygens (including phenoxy) is 3. The number of amides is 3. The normalized spacial score (nSPS) is 14.6. The zero-order valence-electron chi connectivity index (χ0n) is 23.7. The summed E-state index contributed by atoms with van der Waals surface area (Å²) in [5.74, 6) is -1.37. The lowest BCUT2D eigenvalue weighted by Gasteiger charge is -2.25. The molecular formula is C24H48N4O8. The van der Waals surface area contributed by atoms with Gasteiger partial charge in [0.05, 0.1) is 0 Å².